The number of amides is 1. The van der Waals surface area contributed by atoms with E-state index in [0.717, 1.165) is 32.1 Å². The minimum Gasteiger partial charge on any atom is -0.394 e. The molecule has 0 fully saturated rings. The van der Waals surface area contributed by atoms with Crippen LogP contribution in [-0.2, 0) is 4.79 Å². The topological polar surface area (TPSA) is 69.6 Å². The van der Waals surface area contributed by atoms with Crippen LogP contribution in [0.15, 0.2) is 0 Å². The third kappa shape index (κ3) is 38.6. The second kappa shape index (κ2) is 42.8. The van der Waals surface area contributed by atoms with Gasteiger partial charge in [0.15, 0.2) is 0 Å². The number of hydrogen-bond donors (Lipinski definition) is 3. The van der Waals surface area contributed by atoms with Crippen LogP contribution in [0.3, 0.4) is 0 Å². The minimum atomic E-state index is -0.649. The average Bonchev–Trinajstić information content (AvgIpc) is 3.12. The van der Waals surface area contributed by atoms with E-state index in [2.05, 4.69) is 19.2 Å². The Morgan fingerprint density at radius 2 is 0.640 bits per heavy atom. The first-order chi connectivity index (χ1) is 24.7. The monoisotopic (exact) mass is 708 g/mol. The maximum Gasteiger partial charge on any atom is 0.220 e. The van der Waals surface area contributed by atoms with Crippen LogP contribution in [-0.4, -0.2) is 34.9 Å². The van der Waals surface area contributed by atoms with Crippen molar-refractivity contribution in [3.8, 4) is 0 Å². The van der Waals surface area contributed by atoms with Gasteiger partial charge in [-0.3, -0.25) is 4.79 Å². The van der Waals surface area contributed by atoms with E-state index in [1.807, 2.05) is 0 Å². The lowest BCUT2D eigenvalue weighted by atomic mass is 10.0. The lowest BCUT2D eigenvalue weighted by Crippen LogP contribution is -2.45. The number of aliphatic hydroxyl groups excluding tert-OH is 2. The van der Waals surface area contributed by atoms with E-state index >= 15 is 0 Å². The van der Waals surface area contributed by atoms with Crippen LogP contribution in [0.25, 0.3) is 0 Å². The predicted octanol–water partition coefficient (Wildman–Crippen LogP) is 14.5. The Hall–Kier alpha value is -0.610. The Balaban J connectivity index is 3.24. The molecule has 0 spiro atoms. The Labute approximate surface area is 314 Å². The molecule has 300 valence electrons. The van der Waals surface area contributed by atoms with E-state index in [9.17, 15) is 15.0 Å². The van der Waals surface area contributed by atoms with Crippen molar-refractivity contribution < 1.29 is 15.0 Å². The number of carbonyl (C=O) groups is 1. The van der Waals surface area contributed by atoms with Crippen LogP contribution in [0, 0.1) is 0 Å². The molecule has 0 aliphatic carbocycles. The van der Waals surface area contributed by atoms with Gasteiger partial charge in [-0.15, -0.1) is 0 Å². The minimum absolute atomic E-state index is 0.0347. The first kappa shape index (κ1) is 49.4. The molecule has 0 aromatic heterocycles. The first-order valence-corrected chi connectivity index (χ1v) is 23.2. The summed E-state index contributed by atoms with van der Waals surface area (Å²) in [7, 11) is 0. The molecule has 0 saturated heterocycles. The molecule has 0 aromatic rings. The van der Waals surface area contributed by atoms with Crippen LogP contribution in [0.4, 0.5) is 0 Å². The molecular formula is C46H93NO3. The van der Waals surface area contributed by atoms with Crippen molar-refractivity contribution in [1.82, 2.24) is 5.32 Å². The van der Waals surface area contributed by atoms with E-state index in [0.29, 0.717) is 12.8 Å². The van der Waals surface area contributed by atoms with Crippen molar-refractivity contribution >= 4 is 5.91 Å². The lowest BCUT2D eigenvalue weighted by Gasteiger charge is -2.22. The van der Waals surface area contributed by atoms with Crippen LogP contribution in [0.1, 0.15) is 271 Å². The number of nitrogens with one attached hydrogen (secondary N) is 1. The summed E-state index contributed by atoms with van der Waals surface area (Å²) in [5.41, 5.74) is 0. The maximum absolute atomic E-state index is 12.2. The van der Waals surface area contributed by atoms with Gasteiger partial charge in [0.2, 0.25) is 5.91 Å². The van der Waals surface area contributed by atoms with E-state index < -0.39 is 12.1 Å². The van der Waals surface area contributed by atoms with Crippen molar-refractivity contribution in [2.75, 3.05) is 6.61 Å². The number of carbonyl (C=O) groups excluding carboxylic acids is 1. The fraction of sp³-hybridized carbons (Fsp3) is 0.978. The van der Waals surface area contributed by atoms with E-state index in [-0.39, 0.29) is 12.5 Å². The zero-order valence-corrected chi connectivity index (χ0v) is 34.4. The van der Waals surface area contributed by atoms with Crippen molar-refractivity contribution in [2.24, 2.45) is 0 Å². The van der Waals surface area contributed by atoms with Gasteiger partial charge in [0.05, 0.1) is 18.8 Å². The molecule has 0 aromatic carbocycles. The van der Waals surface area contributed by atoms with E-state index in [4.69, 9.17) is 0 Å². The van der Waals surface area contributed by atoms with Gasteiger partial charge in [-0.05, 0) is 12.8 Å². The fourth-order valence-electron chi connectivity index (χ4n) is 7.54. The van der Waals surface area contributed by atoms with E-state index in [1.54, 1.807) is 0 Å². The normalized spacial score (nSPS) is 12.8. The van der Waals surface area contributed by atoms with Crippen molar-refractivity contribution in [3.05, 3.63) is 0 Å². The largest absolute Gasteiger partial charge is 0.394 e. The summed E-state index contributed by atoms with van der Waals surface area (Å²) in [5, 5.41) is 22.7. The Morgan fingerprint density at radius 1 is 0.400 bits per heavy atom. The second-order valence-corrected chi connectivity index (χ2v) is 16.2. The van der Waals surface area contributed by atoms with Gasteiger partial charge < -0.3 is 15.5 Å². The third-order valence-electron chi connectivity index (χ3n) is 11.1. The SMILES string of the molecule is CCCCCCCCCCCCCCCCCCCCCCCCCCCCCCCCCCCCC(=O)NC(CO)C(O)CCCCCC. The van der Waals surface area contributed by atoms with Gasteiger partial charge in [0.25, 0.3) is 0 Å². The Bertz CT molecular complexity index is 641. The molecule has 0 saturated carbocycles. The van der Waals surface area contributed by atoms with Crippen molar-refractivity contribution in [2.45, 2.75) is 283 Å². The van der Waals surface area contributed by atoms with Gasteiger partial charge in [-0.25, -0.2) is 0 Å². The third-order valence-corrected chi connectivity index (χ3v) is 11.1. The standard InChI is InChI=1S/C46H93NO3/c1-3-5-7-9-10-11-12-13-14-15-16-17-18-19-20-21-22-23-24-25-26-27-28-29-30-31-32-33-34-35-36-37-38-40-42-46(50)47-44(43-48)45(49)41-39-8-6-4-2/h44-45,48-49H,3-43H2,1-2H3,(H,47,50). The predicted molar refractivity (Wildman–Crippen MR) is 221 cm³/mol. The summed E-state index contributed by atoms with van der Waals surface area (Å²) in [6, 6.07) is -0.526. The van der Waals surface area contributed by atoms with Crippen LogP contribution >= 0.6 is 0 Å². The molecule has 2 atom stereocenters. The van der Waals surface area contributed by atoms with Crippen molar-refractivity contribution in [1.29, 1.82) is 0 Å². The van der Waals surface area contributed by atoms with Gasteiger partial charge in [0, 0.05) is 6.42 Å². The Kier molecular flexibility index (Phi) is 42.3. The molecule has 0 heterocycles. The summed E-state index contributed by atoms with van der Waals surface area (Å²) in [4.78, 5) is 12.2. The van der Waals surface area contributed by atoms with Gasteiger partial charge >= 0.3 is 0 Å². The smallest absolute Gasteiger partial charge is 0.220 e. The molecule has 0 aliphatic heterocycles. The van der Waals surface area contributed by atoms with Crippen molar-refractivity contribution in [3.63, 3.8) is 0 Å². The zero-order chi connectivity index (χ0) is 36.4. The van der Waals surface area contributed by atoms with Crippen LogP contribution in [0.2, 0.25) is 0 Å². The van der Waals surface area contributed by atoms with E-state index in [1.165, 1.54) is 212 Å². The lowest BCUT2D eigenvalue weighted by molar-refractivity contribution is -0.123. The maximum atomic E-state index is 12.2. The highest BCUT2D eigenvalue weighted by Gasteiger charge is 2.19. The highest BCUT2D eigenvalue weighted by atomic mass is 16.3. The highest BCUT2D eigenvalue weighted by Crippen LogP contribution is 2.17. The van der Waals surface area contributed by atoms with Gasteiger partial charge in [-0.2, -0.15) is 0 Å². The molecule has 0 bridgehead atoms. The highest BCUT2D eigenvalue weighted by molar-refractivity contribution is 5.76. The number of aliphatic hydroxyl groups is 2. The molecule has 0 rings (SSSR count). The molecule has 1 amide bonds. The second-order valence-electron chi connectivity index (χ2n) is 16.2. The molecule has 4 nitrogen and oxygen atoms in total. The summed E-state index contributed by atoms with van der Waals surface area (Å²) in [5.74, 6) is -0.0347. The molecule has 0 aliphatic rings. The summed E-state index contributed by atoms with van der Waals surface area (Å²) < 4.78 is 0. The zero-order valence-electron chi connectivity index (χ0n) is 34.4. The average molecular weight is 708 g/mol. The quantitative estimate of drug-likeness (QED) is 0.0553. The van der Waals surface area contributed by atoms with Gasteiger partial charge in [-0.1, -0.05) is 251 Å². The molecule has 3 N–H and O–H groups in total. The number of hydrogen-bond acceptors (Lipinski definition) is 3. The summed E-state index contributed by atoms with van der Waals surface area (Å²) in [6.45, 7) is 4.27. The Morgan fingerprint density at radius 3 is 0.900 bits per heavy atom. The molecule has 4 heteroatoms. The van der Waals surface area contributed by atoms with Crippen LogP contribution in [0.5, 0.6) is 0 Å². The molecule has 0 radical (unpaired) electrons. The molecule has 50 heavy (non-hydrogen) atoms. The molecule has 2 unspecified atom stereocenters. The summed E-state index contributed by atoms with van der Waals surface area (Å²) >= 11 is 0. The first-order valence-electron chi connectivity index (χ1n) is 23.2. The number of unbranched alkanes of at least 4 members (excludes halogenated alkanes) is 36. The molecular weight excluding hydrogens is 615 g/mol. The van der Waals surface area contributed by atoms with Crippen LogP contribution < -0.4 is 5.32 Å². The summed E-state index contributed by atoms with van der Waals surface area (Å²) in [6.07, 6.45) is 52.7. The van der Waals surface area contributed by atoms with Gasteiger partial charge in [0.1, 0.15) is 0 Å². The fourth-order valence-corrected chi connectivity index (χ4v) is 7.54. The number of rotatable bonds is 43.